The summed E-state index contributed by atoms with van der Waals surface area (Å²) < 4.78 is 7.33. The van der Waals surface area contributed by atoms with E-state index in [2.05, 4.69) is 28.1 Å². The Morgan fingerprint density at radius 2 is 1.86 bits per heavy atom. The number of aromatic nitrogens is 1. The van der Waals surface area contributed by atoms with Gasteiger partial charge in [-0.15, -0.1) is 0 Å². The Morgan fingerprint density at radius 1 is 1.10 bits per heavy atom. The van der Waals surface area contributed by atoms with E-state index in [-0.39, 0.29) is 6.03 Å². The van der Waals surface area contributed by atoms with Crippen LogP contribution in [0, 0.1) is 11.3 Å². The van der Waals surface area contributed by atoms with Crippen molar-refractivity contribution in [3.8, 4) is 6.07 Å². The number of carbonyl (C=O) groups is 1. The van der Waals surface area contributed by atoms with Gasteiger partial charge in [0.15, 0.2) is 0 Å². The quantitative estimate of drug-likeness (QED) is 0.632. The van der Waals surface area contributed by atoms with Crippen LogP contribution in [-0.2, 0) is 17.8 Å². The lowest BCUT2D eigenvalue weighted by atomic mass is 10.2. The van der Waals surface area contributed by atoms with E-state index in [1.165, 1.54) is 5.56 Å². The number of hydrogen-bond acceptors (Lipinski definition) is 3. The Morgan fingerprint density at radius 3 is 2.55 bits per heavy atom. The van der Waals surface area contributed by atoms with E-state index >= 15 is 0 Å². The third-order valence-electron chi connectivity index (χ3n) is 4.59. The third-order valence-corrected chi connectivity index (χ3v) is 4.59. The molecular formula is C23H24N4O2. The van der Waals surface area contributed by atoms with E-state index in [4.69, 9.17) is 10.00 Å². The zero-order valence-corrected chi connectivity index (χ0v) is 16.4. The van der Waals surface area contributed by atoms with Crippen LogP contribution >= 0.6 is 0 Å². The summed E-state index contributed by atoms with van der Waals surface area (Å²) >= 11 is 0. The molecule has 0 aliphatic rings. The Balaban J connectivity index is 1.71. The van der Waals surface area contributed by atoms with Crippen molar-refractivity contribution in [1.29, 1.82) is 5.26 Å². The first kappa shape index (κ1) is 20.2. The average molecular weight is 388 g/mol. The molecule has 1 aromatic heterocycles. The first-order chi connectivity index (χ1) is 14.2. The molecule has 3 rings (SSSR count). The van der Waals surface area contributed by atoms with E-state index in [0.717, 1.165) is 12.2 Å². The molecule has 0 saturated carbocycles. The second-order valence-corrected chi connectivity index (χ2v) is 6.65. The molecule has 3 aromatic rings. The molecule has 0 radical (unpaired) electrons. The van der Waals surface area contributed by atoms with Gasteiger partial charge in [-0.05, 0) is 42.0 Å². The van der Waals surface area contributed by atoms with Gasteiger partial charge in [-0.3, -0.25) is 0 Å². The summed E-state index contributed by atoms with van der Waals surface area (Å²) in [6.45, 7) is 2.12. The minimum Gasteiger partial charge on any atom is -0.383 e. The molecule has 0 aliphatic heterocycles. The van der Waals surface area contributed by atoms with Crippen LogP contribution in [0.25, 0.3) is 0 Å². The lowest BCUT2D eigenvalue weighted by Gasteiger charge is -2.24. The van der Waals surface area contributed by atoms with Gasteiger partial charge in [-0.2, -0.15) is 5.26 Å². The van der Waals surface area contributed by atoms with Crippen molar-refractivity contribution < 1.29 is 9.53 Å². The summed E-state index contributed by atoms with van der Waals surface area (Å²) in [7, 11) is 1.62. The molecule has 2 amide bonds. The van der Waals surface area contributed by atoms with Crippen molar-refractivity contribution in [2.24, 2.45) is 0 Å². The molecule has 1 N–H and O–H groups in total. The number of nitrogens with one attached hydrogen (secondary N) is 1. The molecular weight excluding hydrogens is 364 g/mol. The number of amides is 2. The normalized spacial score (nSPS) is 10.3. The first-order valence-corrected chi connectivity index (χ1v) is 9.42. The molecule has 0 saturated heterocycles. The van der Waals surface area contributed by atoms with Gasteiger partial charge in [0, 0.05) is 37.8 Å². The van der Waals surface area contributed by atoms with Crippen molar-refractivity contribution in [3.05, 3.63) is 89.7 Å². The molecule has 0 unspecified atom stereocenters. The van der Waals surface area contributed by atoms with E-state index < -0.39 is 0 Å². The van der Waals surface area contributed by atoms with Gasteiger partial charge >= 0.3 is 6.03 Å². The molecule has 0 bridgehead atoms. The molecule has 0 spiro atoms. The predicted octanol–water partition coefficient (Wildman–Crippen LogP) is 4.09. The molecule has 6 nitrogen and oxygen atoms in total. The number of urea groups is 1. The summed E-state index contributed by atoms with van der Waals surface area (Å²) in [5, 5.41) is 11.8. The number of methoxy groups -OCH3 is 1. The molecule has 1 heterocycles. The fourth-order valence-corrected chi connectivity index (χ4v) is 3.01. The second kappa shape index (κ2) is 10.1. The van der Waals surface area contributed by atoms with E-state index in [9.17, 15) is 4.79 Å². The Kier molecular flexibility index (Phi) is 7.04. The highest BCUT2D eigenvalue weighted by Crippen LogP contribution is 2.14. The minimum atomic E-state index is -0.209. The average Bonchev–Trinajstić information content (AvgIpc) is 3.18. The van der Waals surface area contributed by atoms with E-state index in [1.54, 1.807) is 36.3 Å². The number of ether oxygens (including phenoxy) is 1. The fraction of sp³-hybridized carbons (Fsp3) is 0.217. The largest absolute Gasteiger partial charge is 0.383 e. The van der Waals surface area contributed by atoms with Crippen LogP contribution in [0.3, 0.4) is 0 Å². The molecule has 2 aromatic carbocycles. The van der Waals surface area contributed by atoms with Gasteiger partial charge in [0.2, 0.25) is 0 Å². The van der Waals surface area contributed by atoms with Crippen molar-refractivity contribution in [3.63, 3.8) is 0 Å². The van der Waals surface area contributed by atoms with Gasteiger partial charge in [0.1, 0.15) is 0 Å². The summed E-state index contributed by atoms with van der Waals surface area (Å²) in [6.07, 6.45) is 2.02. The zero-order valence-electron chi connectivity index (χ0n) is 16.4. The lowest BCUT2D eigenvalue weighted by Crippen LogP contribution is -2.37. The lowest BCUT2D eigenvalue weighted by molar-refractivity contribution is 0.152. The summed E-state index contributed by atoms with van der Waals surface area (Å²) in [6, 6.07) is 22.9. The first-order valence-electron chi connectivity index (χ1n) is 9.42. The molecule has 29 heavy (non-hydrogen) atoms. The molecule has 148 valence electrons. The van der Waals surface area contributed by atoms with Crippen LogP contribution in [0.15, 0.2) is 72.9 Å². The predicted molar refractivity (Wildman–Crippen MR) is 112 cm³/mol. The van der Waals surface area contributed by atoms with Crippen molar-refractivity contribution in [2.45, 2.75) is 13.1 Å². The van der Waals surface area contributed by atoms with Gasteiger partial charge in [0.05, 0.1) is 24.8 Å². The van der Waals surface area contributed by atoms with Gasteiger partial charge in [-0.25, -0.2) is 4.79 Å². The monoisotopic (exact) mass is 388 g/mol. The number of carbonyl (C=O) groups excluding carboxylic acids is 1. The zero-order chi connectivity index (χ0) is 20.5. The SMILES string of the molecule is COCCN(Cc1cccn1Cc1ccccc1)C(=O)Nc1ccc(C#N)cc1. The van der Waals surface area contributed by atoms with E-state index in [1.807, 2.05) is 36.5 Å². The highest BCUT2D eigenvalue weighted by molar-refractivity contribution is 5.89. The number of nitrogens with zero attached hydrogens (tertiary/aromatic N) is 3. The van der Waals surface area contributed by atoms with Crippen LogP contribution in [0.2, 0.25) is 0 Å². The topological polar surface area (TPSA) is 70.3 Å². The molecule has 6 heteroatoms. The van der Waals surface area contributed by atoms with E-state index in [0.29, 0.717) is 30.9 Å². The number of anilines is 1. The van der Waals surface area contributed by atoms with Crippen LogP contribution in [0.4, 0.5) is 10.5 Å². The Labute approximate surface area is 170 Å². The van der Waals surface area contributed by atoms with Crippen LogP contribution in [0.1, 0.15) is 16.8 Å². The van der Waals surface area contributed by atoms with Crippen LogP contribution in [-0.4, -0.2) is 35.8 Å². The summed E-state index contributed by atoms with van der Waals surface area (Å²) in [5.74, 6) is 0. The maximum atomic E-state index is 12.9. The van der Waals surface area contributed by atoms with Crippen LogP contribution < -0.4 is 5.32 Å². The maximum Gasteiger partial charge on any atom is 0.322 e. The van der Waals surface area contributed by atoms with Crippen molar-refractivity contribution in [1.82, 2.24) is 9.47 Å². The van der Waals surface area contributed by atoms with Gasteiger partial charge in [0.25, 0.3) is 0 Å². The molecule has 0 aliphatic carbocycles. The Hall–Kier alpha value is -3.56. The highest BCUT2D eigenvalue weighted by atomic mass is 16.5. The van der Waals surface area contributed by atoms with Gasteiger partial charge < -0.3 is 19.5 Å². The number of benzene rings is 2. The number of rotatable bonds is 8. The van der Waals surface area contributed by atoms with Crippen molar-refractivity contribution >= 4 is 11.7 Å². The maximum absolute atomic E-state index is 12.9. The van der Waals surface area contributed by atoms with Crippen LogP contribution in [0.5, 0.6) is 0 Å². The summed E-state index contributed by atoms with van der Waals surface area (Å²) in [5.41, 5.74) is 3.45. The molecule has 0 fully saturated rings. The fourth-order valence-electron chi connectivity index (χ4n) is 3.01. The highest BCUT2D eigenvalue weighted by Gasteiger charge is 2.16. The third kappa shape index (κ3) is 5.71. The standard InChI is InChI=1S/C23H24N4O2/c1-29-15-14-27(23(28)25-21-11-9-19(16-24)10-12-21)18-22-8-5-13-26(22)17-20-6-3-2-4-7-20/h2-13H,14-15,17-18H2,1H3,(H,25,28). The minimum absolute atomic E-state index is 0.209. The smallest absolute Gasteiger partial charge is 0.322 e. The summed E-state index contributed by atoms with van der Waals surface area (Å²) in [4.78, 5) is 14.6. The number of hydrogen-bond donors (Lipinski definition) is 1. The Bertz CT molecular complexity index is 959. The molecule has 0 atom stereocenters. The van der Waals surface area contributed by atoms with Crippen molar-refractivity contribution in [2.75, 3.05) is 25.6 Å². The van der Waals surface area contributed by atoms with Gasteiger partial charge in [-0.1, -0.05) is 30.3 Å². The second-order valence-electron chi connectivity index (χ2n) is 6.65. The number of nitriles is 1.